The second kappa shape index (κ2) is 6.80. The van der Waals surface area contributed by atoms with Gasteiger partial charge in [-0.05, 0) is 37.5 Å². The fraction of sp³-hybridized carbons (Fsp3) is 0.500. The Labute approximate surface area is 141 Å². The Morgan fingerprint density at radius 3 is 2.58 bits per heavy atom. The van der Waals surface area contributed by atoms with Crippen molar-refractivity contribution in [2.24, 2.45) is 0 Å². The number of nitrogens with zero attached hydrogens (tertiary/aromatic N) is 1. The number of sulfone groups is 1. The quantitative estimate of drug-likeness (QED) is 0.856. The Hall–Kier alpha value is -2.09. The van der Waals surface area contributed by atoms with E-state index in [0.29, 0.717) is 17.7 Å². The lowest BCUT2D eigenvalue weighted by Gasteiger charge is -2.16. The molecule has 2 N–H and O–H groups in total. The van der Waals surface area contributed by atoms with Crippen LogP contribution in [0, 0.1) is 0 Å². The van der Waals surface area contributed by atoms with Crippen molar-refractivity contribution in [1.29, 1.82) is 0 Å². The van der Waals surface area contributed by atoms with Crippen LogP contribution in [0.1, 0.15) is 29.6 Å². The first-order chi connectivity index (χ1) is 11.4. The molecule has 0 aromatic heterocycles. The van der Waals surface area contributed by atoms with Gasteiger partial charge in [0.15, 0.2) is 9.84 Å². The fourth-order valence-electron chi connectivity index (χ4n) is 3.09. The zero-order valence-electron chi connectivity index (χ0n) is 13.3. The number of carbonyl (C=O) groups is 2. The molecule has 0 bridgehead atoms. The summed E-state index contributed by atoms with van der Waals surface area (Å²) in [7, 11) is -3.03. The third-order valence-corrected chi connectivity index (χ3v) is 6.10. The molecule has 2 fully saturated rings. The molecule has 130 valence electrons. The van der Waals surface area contributed by atoms with E-state index in [2.05, 4.69) is 10.6 Å². The van der Waals surface area contributed by atoms with Gasteiger partial charge >= 0.3 is 6.03 Å². The summed E-state index contributed by atoms with van der Waals surface area (Å²) in [4.78, 5) is 26.2. The van der Waals surface area contributed by atoms with Gasteiger partial charge in [0, 0.05) is 30.4 Å². The molecule has 0 spiro atoms. The first-order valence-corrected chi connectivity index (χ1v) is 9.92. The minimum atomic E-state index is -3.03. The summed E-state index contributed by atoms with van der Waals surface area (Å²) in [5.41, 5.74) is 1.05. The second-order valence-corrected chi connectivity index (χ2v) is 8.51. The van der Waals surface area contributed by atoms with Crippen LogP contribution in [0.2, 0.25) is 0 Å². The minimum absolute atomic E-state index is 0.0199. The van der Waals surface area contributed by atoms with Gasteiger partial charge in [0.1, 0.15) is 0 Å². The summed E-state index contributed by atoms with van der Waals surface area (Å²) in [5, 5.41) is 5.33. The van der Waals surface area contributed by atoms with Crippen molar-refractivity contribution >= 4 is 27.5 Å². The summed E-state index contributed by atoms with van der Waals surface area (Å²) in [5.74, 6) is 0.0597. The molecule has 2 aliphatic heterocycles. The number of carbonyl (C=O) groups excluding carboxylic acids is 2. The SMILES string of the molecule is O=C(Nc1cccc(C(=O)N2CCCC2)c1)N[C@@H]1CCS(=O)(=O)C1. The summed E-state index contributed by atoms with van der Waals surface area (Å²) in [6, 6.07) is 5.98. The lowest BCUT2D eigenvalue weighted by molar-refractivity contribution is 0.0793. The normalized spacial score (nSPS) is 22.3. The average molecular weight is 351 g/mol. The molecule has 0 unspecified atom stereocenters. The topological polar surface area (TPSA) is 95.6 Å². The number of rotatable bonds is 3. The van der Waals surface area contributed by atoms with Crippen LogP contribution in [0.3, 0.4) is 0 Å². The lowest BCUT2D eigenvalue weighted by atomic mass is 10.2. The van der Waals surface area contributed by atoms with Gasteiger partial charge in [-0.15, -0.1) is 0 Å². The Kier molecular flexibility index (Phi) is 4.75. The molecule has 0 radical (unpaired) electrons. The number of hydrogen-bond donors (Lipinski definition) is 2. The molecule has 1 aromatic carbocycles. The van der Waals surface area contributed by atoms with Crippen LogP contribution in [0.25, 0.3) is 0 Å². The third-order valence-electron chi connectivity index (χ3n) is 4.33. The minimum Gasteiger partial charge on any atom is -0.339 e. The van der Waals surface area contributed by atoms with Crippen molar-refractivity contribution in [3.8, 4) is 0 Å². The summed E-state index contributed by atoms with van der Waals surface area (Å²) in [6.07, 6.45) is 2.48. The maximum atomic E-state index is 12.4. The molecule has 3 amide bonds. The largest absolute Gasteiger partial charge is 0.339 e. The monoisotopic (exact) mass is 351 g/mol. The zero-order chi connectivity index (χ0) is 17.2. The van der Waals surface area contributed by atoms with Gasteiger partial charge in [0.2, 0.25) is 0 Å². The second-order valence-electron chi connectivity index (χ2n) is 6.28. The Morgan fingerprint density at radius 2 is 1.92 bits per heavy atom. The van der Waals surface area contributed by atoms with Gasteiger partial charge in [0.25, 0.3) is 5.91 Å². The smallest absolute Gasteiger partial charge is 0.319 e. The number of anilines is 1. The molecule has 1 aromatic rings. The van der Waals surface area contributed by atoms with Crippen molar-refractivity contribution in [2.45, 2.75) is 25.3 Å². The van der Waals surface area contributed by atoms with E-state index < -0.39 is 15.9 Å². The van der Waals surface area contributed by atoms with Gasteiger partial charge in [-0.3, -0.25) is 4.79 Å². The van der Waals surface area contributed by atoms with Crippen molar-refractivity contribution in [2.75, 3.05) is 29.9 Å². The van der Waals surface area contributed by atoms with E-state index in [1.165, 1.54) is 0 Å². The summed E-state index contributed by atoms with van der Waals surface area (Å²) < 4.78 is 22.8. The van der Waals surface area contributed by atoms with Crippen molar-refractivity contribution in [3.05, 3.63) is 29.8 Å². The van der Waals surface area contributed by atoms with E-state index >= 15 is 0 Å². The number of urea groups is 1. The molecule has 2 saturated heterocycles. The number of nitrogens with one attached hydrogen (secondary N) is 2. The van der Waals surface area contributed by atoms with Crippen molar-refractivity contribution in [3.63, 3.8) is 0 Å². The van der Waals surface area contributed by atoms with Crippen LogP contribution in [0.5, 0.6) is 0 Å². The van der Waals surface area contributed by atoms with E-state index in [4.69, 9.17) is 0 Å². The van der Waals surface area contributed by atoms with Crippen LogP contribution in [0.15, 0.2) is 24.3 Å². The molecule has 2 heterocycles. The average Bonchev–Trinajstić information content (AvgIpc) is 3.16. The van der Waals surface area contributed by atoms with Gasteiger partial charge in [-0.2, -0.15) is 0 Å². The molecule has 2 aliphatic rings. The predicted octanol–water partition coefficient (Wildman–Crippen LogP) is 1.23. The molecule has 7 nitrogen and oxygen atoms in total. The summed E-state index contributed by atoms with van der Waals surface area (Å²) >= 11 is 0. The highest BCUT2D eigenvalue weighted by Gasteiger charge is 2.29. The van der Waals surface area contributed by atoms with Gasteiger partial charge in [-0.25, -0.2) is 13.2 Å². The van der Waals surface area contributed by atoms with Crippen molar-refractivity contribution in [1.82, 2.24) is 10.2 Å². The van der Waals surface area contributed by atoms with Crippen LogP contribution in [0.4, 0.5) is 10.5 Å². The van der Waals surface area contributed by atoms with Crippen LogP contribution in [-0.4, -0.2) is 55.9 Å². The molecular weight excluding hydrogens is 330 g/mol. The standard InChI is InChI=1S/C16H21N3O4S/c20-15(19-7-1-2-8-19)12-4-3-5-13(10-12)17-16(21)18-14-6-9-24(22,23)11-14/h3-5,10,14H,1-2,6-9,11H2,(H2,17,18,21)/t14-/m1/s1. The number of likely N-dealkylation sites (tertiary alicyclic amines) is 1. The first kappa shape index (κ1) is 16.8. The lowest BCUT2D eigenvalue weighted by Crippen LogP contribution is -2.38. The molecule has 8 heteroatoms. The molecule has 0 aliphatic carbocycles. The fourth-order valence-corrected chi connectivity index (χ4v) is 4.77. The van der Waals surface area contributed by atoms with E-state index in [1.807, 2.05) is 4.90 Å². The van der Waals surface area contributed by atoms with Crippen LogP contribution in [-0.2, 0) is 9.84 Å². The van der Waals surface area contributed by atoms with Crippen LogP contribution < -0.4 is 10.6 Å². The Morgan fingerprint density at radius 1 is 1.17 bits per heavy atom. The zero-order valence-corrected chi connectivity index (χ0v) is 14.1. The van der Waals surface area contributed by atoms with E-state index in [-0.39, 0.29) is 23.5 Å². The molecular formula is C16H21N3O4S. The highest BCUT2D eigenvalue weighted by molar-refractivity contribution is 7.91. The highest BCUT2D eigenvalue weighted by atomic mass is 32.2. The molecule has 1 atom stereocenters. The Balaban J connectivity index is 1.60. The molecule has 3 rings (SSSR count). The number of hydrogen-bond acceptors (Lipinski definition) is 4. The number of amides is 3. The van der Waals surface area contributed by atoms with E-state index in [1.54, 1.807) is 24.3 Å². The maximum Gasteiger partial charge on any atom is 0.319 e. The molecule has 24 heavy (non-hydrogen) atoms. The molecule has 0 saturated carbocycles. The van der Waals surface area contributed by atoms with Gasteiger partial charge in [-0.1, -0.05) is 6.07 Å². The summed E-state index contributed by atoms with van der Waals surface area (Å²) in [6.45, 7) is 1.54. The number of benzene rings is 1. The van der Waals surface area contributed by atoms with E-state index in [0.717, 1.165) is 25.9 Å². The third kappa shape index (κ3) is 4.05. The first-order valence-electron chi connectivity index (χ1n) is 8.10. The predicted molar refractivity (Wildman–Crippen MR) is 90.8 cm³/mol. The van der Waals surface area contributed by atoms with Gasteiger partial charge < -0.3 is 15.5 Å². The van der Waals surface area contributed by atoms with Crippen LogP contribution >= 0.6 is 0 Å². The van der Waals surface area contributed by atoms with Gasteiger partial charge in [0.05, 0.1) is 11.5 Å². The van der Waals surface area contributed by atoms with E-state index in [9.17, 15) is 18.0 Å². The maximum absolute atomic E-state index is 12.4. The van der Waals surface area contributed by atoms with Crippen molar-refractivity contribution < 1.29 is 18.0 Å². The highest BCUT2D eigenvalue weighted by Crippen LogP contribution is 2.17. The Bertz CT molecular complexity index is 741.